The summed E-state index contributed by atoms with van der Waals surface area (Å²) in [5.41, 5.74) is 2.75. The third-order valence-corrected chi connectivity index (χ3v) is 7.66. The molecule has 8 nitrogen and oxygen atoms in total. The van der Waals surface area contributed by atoms with Crippen molar-refractivity contribution in [3.63, 3.8) is 0 Å². The zero-order valence-electron chi connectivity index (χ0n) is 17.8. The average Bonchev–Trinajstić information content (AvgIpc) is 3.38. The zero-order chi connectivity index (χ0) is 22.9. The summed E-state index contributed by atoms with van der Waals surface area (Å²) in [4.78, 5) is 48.3. The van der Waals surface area contributed by atoms with Crippen LogP contribution in [0.1, 0.15) is 55.4 Å². The molecule has 0 saturated heterocycles. The SMILES string of the molecule is Cc1csc2nc(COC(=O)c3c(NC(=O)c4cccnc4)sc4c3CCCC4)cc(=O)n12. The van der Waals surface area contributed by atoms with E-state index in [4.69, 9.17) is 4.74 Å². The number of thiophene rings is 1. The first-order valence-corrected chi connectivity index (χ1v) is 12.2. The molecule has 4 heterocycles. The van der Waals surface area contributed by atoms with Gasteiger partial charge in [-0.1, -0.05) is 0 Å². The predicted molar refractivity (Wildman–Crippen MR) is 126 cm³/mol. The van der Waals surface area contributed by atoms with Gasteiger partial charge < -0.3 is 10.1 Å². The minimum Gasteiger partial charge on any atom is -0.455 e. The van der Waals surface area contributed by atoms with Crippen LogP contribution in [0.15, 0.2) is 40.8 Å². The highest BCUT2D eigenvalue weighted by Gasteiger charge is 2.28. The summed E-state index contributed by atoms with van der Waals surface area (Å²) in [5.74, 6) is -0.857. The second-order valence-electron chi connectivity index (χ2n) is 7.77. The number of aromatic nitrogens is 3. The van der Waals surface area contributed by atoms with Gasteiger partial charge in [-0.2, -0.15) is 0 Å². The normalized spacial score (nSPS) is 13.0. The maximum Gasteiger partial charge on any atom is 0.341 e. The summed E-state index contributed by atoms with van der Waals surface area (Å²) < 4.78 is 7.10. The number of hydrogen-bond acceptors (Lipinski definition) is 8. The lowest BCUT2D eigenvalue weighted by atomic mass is 9.95. The number of carbonyl (C=O) groups is 2. The number of pyridine rings is 1. The van der Waals surface area contributed by atoms with Crippen LogP contribution in [0, 0.1) is 6.92 Å². The molecule has 168 valence electrons. The van der Waals surface area contributed by atoms with Crippen molar-refractivity contribution in [1.82, 2.24) is 14.4 Å². The number of fused-ring (bicyclic) bond motifs is 2. The number of thiazole rings is 1. The topological polar surface area (TPSA) is 103 Å². The quantitative estimate of drug-likeness (QED) is 0.433. The molecule has 0 fully saturated rings. The Kier molecular flexibility index (Phi) is 5.77. The lowest BCUT2D eigenvalue weighted by Gasteiger charge is -2.13. The Hall–Kier alpha value is -3.37. The number of nitrogens with zero attached hydrogens (tertiary/aromatic N) is 3. The van der Waals surface area contributed by atoms with Crippen molar-refractivity contribution in [3.8, 4) is 0 Å². The van der Waals surface area contributed by atoms with E-state index < -0.39 is 5.97 Å². The average molecular weight is 481 g/mol. The molecule has 4 aromatic rings. The van der Waals surface area contributed by atoms with Crippen molar-refractivity contribution in [3.05, 3.63) is 79.3 Å². The summed E-state index contributed by atoms with van der Waals surface area (Å²) >= 11 is 2.78. The number of esters is 1. The van der Waals surface area contributed by atoms with Gasteiger partial charge in [0.15, 0.2) is 4.96 Å². The van der Waals surface area contributed by atoms with Crippen LogP contribution in [-0.4, -0.2) is 26.2 Å². The highest BCUT2D eigenvalue weighted by Crippen LogP contribution is 2.39. The minimum absolute atomic E-state index is 0.123. The van der Waals surface area contributed by atoms with Gasteiger partial charge in [-0.3, -0.25) is 19.0 Å². The van der Waals surface area contributed by atoms with Crippen molar-refractivity contribution in [1.29, 1.82) is 0 Å². The van der Waals surface area contributed by atoms with Crippen LogP contribution < -0.4 is 10.9 Å². The van der Waals surface area contributed by atoms with Crippen LogP contribution in [0.2, 0.25) is 0 Å². The molecule has 33 heavy (non-hydrogen) atoms. The van der Waals surface area contributed by atoms with Crippen molar-refractivity contribution in [2.75, 3.05) is 5.32 Å². The molecule has 0 saturated carbocycles. The second-order valence-corrected chi connectivity index (χ2v) is 9.71. The lowest BCUT2D eigenvalue weighted by Crippen LogP contribution is -2.18. The van der Waals surface area contributed by atoms with E-state index >= 15 is 0 Å². The van der Waals surface area contributed by atoms with Crippen molar-refractivity contribution in [2.24, 2.45) is 0 Å². The second kappa shape index (κ2) is 8.87. The summed E-state index contributed by atoms with van der Waals surface area (Å²) in [6.07, 6.45) is 6.74. The fraction of sp³-hybridized carbons (Fsp3) is 0.261. The summed E-state index contributed by atoms with van der Waals surface area (Å²) in [5, 5.41) is 5.21. The summed E-state index contributed by atoms with van der Waals surface area (Å²) in [6.45, 7) is 1.72. The van der Waals surface area contributed by atoms with Crippen LogP contribution in [0.5, 0.6) is 0 Å². The molecule has 1 N–H and O–H groups in total. The maximum absolute atomic E-state index is 13.2. The van der Waals surface area contributed by atoms with E-state index in [-0.39, 0.29) is 18.1 Å². The standard InChI is InChI=1S/C23H20N4O4S2/c1-13-12-32-23-25-15(9-18(28)27(13)23)11-31-22(30)19-16-6-2-3-7-17(16)33-21(19)26-20(29)14-5-4-8-24-10-14/h4-5,8-10,12H,2-3,6-7,11H2,1H3,(H,26,29). The molecule has 1 aliphatic rings. The summed E-state index contributed by atoms with van der Waals surface area (Å²) in [6, 6.07) is 4.74. The number of aryl methyl sites for hydroxylation is 2. The first kappa shape index (κ1) is 21.5. The van der Waals surface area contributed by atoms with Crippen molar-refractivity contribution in [2.45, 2.75) is 39.2 Å². The highest BCUT2D eigenvalue weighted by atomic mass is 32.1. The molecule has 0 spiro atoms. The zero-order valence-corrected chi connectivity index (χ0v) is 19.4. The van der Waals surface area contributed by atoms with Gasteiger partial charge in [0.1, 0.15) is 11.6 Å². The smallest absolute Gasteiger partial charge is 0.341 e. The molecule has 0 aromatic carbocycles. The number of anilines is 1. The Labute approximate surface area is 196 Å². The van der Waals surface area contributed by atoms with Gasteiger partial charge in [-0.25, -0.2) is 9.78 Å². The molecule has 4 aromatic heterocycles. The Balaban J connectivity index is 1.40. The van der Waals surface area contributed by atoms with Gasteiger partial charge in [0, 0.05) is 34.4 Å². The van der Waals surface area contributed by atoms with E-state index in [1.165, 1.54) is 39.3 Å². The molecule has 1 aliphatic carbocycles. The third-order valence-electron chi connectivity index (χ3n) is 5.51. The molecular weight excluding hydrogens is 460 g/mol. The number of ether oxygens (including phenoxy) is 1. The van der Waals surface area contributed by atoms with Crippen LogP contribution in [-0.2, 0) is 24.2 Å². The fourth-order valence-electron chi connectivity index (χ4n) is 3.93. The molecule has 5 rings (SSSR count). The lowest BCUT2D eigenvalue weighted by molar-refractivity contribution is 0.0468. The molecule has 0 bridgehead atoms. The van der Waals surface area contributed by atoms with E-state index in [0.717, 1.165) is 41.8 Å². The minimum atomic E-state index is -0.528. The Morgan fingerprint density at radius 2 is 2.12 bits per heavy atom. The van der Waals surface area contributed by atoms with Crippen LogP contribution in [0.3, 0.4) is 0 Å². The fourth-order valence-corrected chi connectivity index (χ4v) is 6.09. The monoisotopic (exact) mass is 480 g/mol. The van der Waals surface area contributed by atoms with E-state index in [0.29, 0.717) is 26.8 Å². The number of rotatable bonds is 5. The van der Waals surface area contributed by atoms with Gasteiger partial charge in [0.05, 0.1) is 16.8 Å². The number of amides is 1. The van der Waals surface area contributed by atoms with Gasteiger partial charge in [0.2, 0.25) is 0 Å². The van der Waals surface area contributed by atoms with E-state index in [2.05, 4.69) is 15.3 Å². The molecule has 0 atom stereocenters. The van der Waals surface area contributed by atoms with E-state index in [1.54, 1.807) is 18.3 Å². The van der Waals surface area contributed by atoms with Gasteiger partial charge in [0.25, 0.3) is 11.5 Å². The first-order valence-electron chi connectivity index (χ1n) is 10.5. The van der Waals surface area contributed by atoms with Crippen molar-refractivity contribution < 1.29 is 14.3 Å². The van der Waals surface area contributed by atoms with Crippen LogP contribution in [0.25, 0.3) is 4.96 Å². The number of nitrogens with one attached hydrogen (secondary N) is 1. The van der Waals surface area contributed by atoms with Gasteiger partial charge in [-0.05, 0) is 50.3 Å². The van der Waals surface area contributed by atoms with E-state index in [9.17, 15) is 14.4 Å². The molecule has 0 aliphatic heterocycles. The Morgan fingerprint density at radius 3 is 2.94 bits per heavy atom. The molecule has 0 radical (unpaired) electrons. The number of hydrogen-bond donors (Lipinski definition) is 1. The van der Waals surface area contributed by atoms with Crippen LogP contribution in [0.4, 0.5) is 5.00 Å². The highest BCUT2D eigenvalue weighted by molar-refractivity contribution is 7.17. The predicted octanol–water partition coefficient (Wildman–Crippen LogP) is 4.01. The summed E-state index contributed by atoms with van der Waals surface area (Å²) in [7, 11) is 0. The third kappa shape index (κ3) is 4.19. The Morgan fingerprint density at radius 1 is 1.27 bits per heavy atom. The van der Waals surface area contributed by atoms with Crippen LogP contribution >= 0.6 is 22.7 Å². The maximum atomic E-state index is 13.2. The number of carbonyl (C=O) groups excluding carboxylic acids is 2. The van der Waals surface area contributed by atoms with Gasteiger partial charge >= 0.3 is 5.97 Å². The van der Waals surface area contributed by atoms with Crippen molar-refractivity contribution >= 4 is 44.5 Å². The van der Waals surface area contributed by atoms with Gasteiger partial charge in [-0.15, -0.1) is 22.7 Å². The molecule has 10 heteroatoms. The largest absolute Gasteiger partial charge is 0.455 e. The first-order chi connectivity index (χ1) is 16.0. The molecule has 0 unspecified atom stereocenters. The Bertz CT molecular complexity index is 1420. The molecular formula is C23H20N4O4S2. The van der Waals surface area contributed by atoms with E-state index in [1.807, 2.05) is 12.3 Å². The molecule has 1 amide bonds.